The SMILES string of the molecule is CCCOP(=S)(N/N=C(C)/C(C)=N/NP(=S)(OCCC)OCCC)OCCC. The molecule has 0 saturated carbocycles. The Balaban J connectivity index is 5.07. The first-order valence-electron chi connectivity index (χ1n) is 9.67. The lowest BCUT2D eigenvalue weighted by Gasteiger charge is -2.22. The molecule has 0 aliphatic carbocycles. The summed E-state index contributed by atoms with van der Waals surface area (Å²) in [6.07, 6.45) is 3.40. The van der Waals surface area contributed by atoms with Crippen LogP contribution in [0.15, 0.2) is 10.2 Å². The minimum atomic E-state index is -2.67. The van der Waals surface area contributed by atoms with Gasteiger partial charge >= 0.3 is 13.3 Å². The summed E-state index contributed by atoms with van der Waals surface area (Å²) < 4.78 is 22.8. The van der Waals surface area contributed by atoms with Crippen molar-refractivity contribution in [1.29, 1.82) is 0 Å². The quantitative estimate of drug-likeness (QED) is 0.172. The van der Waals surface area contributed by atoms with Gasteiger partial charge in [-0.1, -0.05) is 27.7 Å². The molecule has 0 amide bonds. The Hall–Kier alpha value is 0.0800. The van der Waals surface area contributed by atoms with Crippen molar-refractivity contribution in [1.82, 2.24) is 10.4 Å². The average molecular weight is 475 g/mol. The van der Waals surface area contributed by atoms with Crippen LogP contribution in [0.2, 0.25) is 0 Å². The molecule has 0 rings (SSSR count). The summed E-state index contributed by atoms with van der Waals surface area (Å²) in [5, 5.41) is 14.4. The van der Waals surface area contributed by atoms with Crippen molar-refractivity contribution in [2.24, 2.45) is 10.2 Å². The van der Waals surface area contributed by atoms with Crippen LogP contribution in [0.1, 0.15) is 67.2 Å². The highest BCUT2D eigenvalue weighted by atomic mass is 32.5. The fourth-order valence-corrected chi connectivity index (χ4v) is 5.23. The second-order valence-electron chi connectivity index (χ2n) is 5.92. The lowest BCUT2D eigenvalue weighted by atomic mass is 10.3. The van der Waals surface area contributed by atoms with E-state index in [9.17, 15) is 0 Å². The van der Waals surface area contributed by atoms with E-state index < -0.39 is 13.3 Å². The second-order valence-corrected chi connectivity index (χ2v) is 12.2. The van der Waals surface area contributed by atoms with Crippen LogP contribution < -0.4 is 10.4 Å². The van der Waals surface area contributed by atoms with Crippen LogP contribution in [0.4, 0.5) is 0 Å². The molecule has 0 aromatic rings. The van der Waals surface area contributed by atoms with Gasteiger partial charge in [-0.3, -0.25) is 0 Å². The largest absolute Gasteiger partial charge is 0.313 e. The van der Waals surface area contributed by atoms with E-state index in [1.54, 1.807) is 0 Å². The molecule has 12 heteroatoms. The van der Waals surface area contributed by atoms with Gasteiger partial charge in [-0.25, -0.2) is 10.4 Å². The van der Waals surface area contributed by atoms with E-state index in [0.29, 0.717) is 37.9 Å². The molecule has 0 heterocycles. The zero-order chi connectivity index (χ0) is 21.5. The number of hydrogen-bond acceptors (Lipinski definition) is 8. The molecule has 0 aliphatic heterocycles. The third-order valence-corrected chi connectivity index (χ3v) is 7.60. The van der Waals surface area contributed by atoms with Crippen LogP contribution >= 0.6 is 13.3 Å². The third-order valence-electron chi connectivity index (χ3n) is 3.07. The zero-order valence-electron chi connectivity index (χ0n) is 17.9. The van der Waals surface area contributed by atoms with Crippen LogP contribution in [-0.2, 0) is 41.7 Å². The minimum Gasteiger partial charge on any atom is -0.313 e. The van der Waals surface area contributed by atoms with Crippen LogP contribution in [-0.4, -0.2) is 37.9 Å². The number of rotatable bonds is 17. The van der Waals surface area contributed by atoms with Crippen molar-refractivity contribution in [3.05, 3.63) is 0 Å². The Morgan fingerprint density at radius 3 is 1.11 bits per heavy atom. The van der Waals surface area contributed by atoms with Crippen LogP contribution in [0.25, 0.3) is 0 Å². The number of hydrogen-bond donors (Lipinski definition) is 2. The molecular weight excluding hydrogens is 438 g/mol. The van der Waals surface area contributed by atoms with E-state index in [4.69, 9.17) is 41.7 Å². The smallest absolute Gasteiger partial charge is 0.303 e. The van der Waals surface area contributed by atoms with E-state index in [-0.39, 0.29) is 0 Å². The summed E-state index contributed by atoms with van der Waals surface area (Å²) in [7, 11) is 0. The number of nitrogens with one attached hydrogen (secondary N) is 2. The molecule has 0 radical (unpaired) electrons. The first-order valence-corrected chi connectivity index (χ1v) is 14.9. The molecule has 0 saturated heterocycles. The maximum Gasteiger partial charge on any atom is 0.303 e. The molecule has 166 valence electrons. The van der Waals surface area contributed by atoms with Crippen molar-refractivity contribution < 1.29 is 18.1 Å². The highest BCUT2D eigenvalue weighted by Crippen LogP contribution is 2.45. The van der Waals surface area contributed by atoms with Gasteiger partial charge in [0.1, 0.15) is 0 Å². The van der Waals surface area contributed by atoms with Crippen molar-refractivity contribution in [3.8, 4) is 0 Å². The molecule has 28 heavy (non-hydrogen) atoms. The van der Waals surface area contributed by atoms with Crippen molar-refractivity contribution in [2.45, 2.75) is 67.2 Å². The fraction of sp³-hybridized carbons (Fsp3) is 0.875. The fourth-order valence-electron chi connectivity index (χ4n) is 1.47. The third kappa shape index (κ3) is 12.6. The Morgan fingerprint density at radius 1 is 0.643 bits per heavy atom. The van der Waals surface area contributed by atoms with Gasteiger partial charge in [0.15, 0.2) is 0 Å². The van der Waals surface area contributed by atoms with Crippen LogP contribution in [0.5, 0.6) is 0 Å². The average Bonchev–Trinajstić information content (AvgIpc) is 2.70. The maximum atomic E-state index is 5.69. The molecule has 0 unspecified atom stereocenters. The maximum absolute atomic E-state index is 5.69. The van der Waals surface area contributed by atoms with Gasteiger partial charge < -0.3 is 18.1 Å². The van der Waals surface area contributed by atoms with E-state index >= 15 is 0 Å². The monoisotopic (exact) mass is 474 g/mol. The normalized spacial score (nSPS) is 13.6. The Bertz CT molecular complexity index is 517. The van der Waals surface area contributed by atoms with Gasteiger partial charge in [0.2, 0.25) is 0 Å². The minimum absolute atomic E-state index is 0.518. The van der Waals surface area contributed by atoms with Crippen molar-refractivity contribution >= 4 is 48.3 Å². The van der Waals surface area contributed by atoms with Crippen molar-refractivity contribution in [2.75, 3.05) is 26.4 Å². The molecule has 8 nitrogen and oxygen atoms in total. The molecule has 0 aliphatic rings. The highest BCUT2D eigenvalue weighted by Gasteiger charge is 2.19. The summed E-state index contributed by atoms with van der Waals surface area (Å²) in [5.41, 5.74) is 1.27. The predicted molar refractivity (Wildman–Crippen MR) is 126 cm³/mol. The summed E-state index contributed by atoms with van der Waals surface area (Å²) in [5.74, 6) is 0. The Kier molecular flexibility index (Phi) is 15.9. The molecule has 0 aromatic carbocycles. The molecule has 0 aromatic heterocycles. The lowest BCUT2D eigenvalue weighted by molar-refractivity contribution is 0.239. The first-order chi connectivity index (χ1) is 13.3. The summed E-state index contributed by atoms with van der Waals surface area (Å²) in [4.78, 5) is 0. The molecular formula is C16H36N4O4P2S2. The number of nitrogens with zero attached hydrogens (tertiary/aromatic N) is 2. The molecule has 0 bridgehead atoms. The summed E-state index contributed by atoms with van der Waals surface area (Å²) in [6.45, 7) is 8.43. The van der Waals surface area contributed by atoms with Gasteiger partial charge in [-0.05, 0) is 63.1 Å². The Morgan fingerprint density at radius 2 is 0.893 bits per heavy atom. The van der Waals surface area contributed by atoms with E-state index in [1.165, 1.54) is 0 Å². The van der Waals surface area contributed by atoms with Crippen LogP contribution in [0.3, 0.4) is 0 Å². The molecule has 0 spiro atoms. The summed E-state index contributed by atoms with van der Waals surface area (Å²) in [6, 6.07) is 0. The van der Waals surface area contributed by atoms with E-state index in [2.05, 4.69) is 20.6 Å². The zero-order valence-corrected chi connectivity index (χ0v) is 21.3. The molecule has 0 atom stereocenters. The molecule has 2 N–H and O–H groups in total. The van der Waals surface area contributed by atoms with Crippen LogP contribution in [0, 0.1) is 0 Å². The van der Waals surface area contributed by atoms with E-state index in [0.717, 1.165) is 25.7 Å². The van der Waals surface area contributed by atoms with Gasteiger partial charge in [0, 0.05) is 0 Å². The van der Waals surface area contributed by atoms with Gasteiger partial charge in [0.05, 0.1) is 37.9 Å². The first kappa shape index (κ1) is 28.1. The van der Waals surface area contributed by atoms with E-state index in [1.807, 2.05) is 41.5 Å². The van der Waals surface area contributed by atoms with Gasteiger partial charge in [-0.2, -0.15) is 10.2 Å². The van der Waals surface area contributed by atoms with Gasteiger partial charge in [0.25, 0.3) is 0 Å². The molecule has 0 fully saturated rings. The standard InChI is InChI=1S/C16H36N4O4P2S2/c1-7-11-21-25(27,22-12-8-2)19-17-15(5)16(6)18-20-26(28,23-13-9-3)24-14-10-4/h7-14H2,1-6H3,(H,19,27)(H,20,28)/b17-15+,18-16+. The Labute approximate surface area is 180 Å². The number of hydrazone groups is 2. The summed E-state index contributed by atoms with van der Waals surface area (Å²) >= 11 is 11.0. The topological polar surface area (TPSA) is 85.7 Å². The second kappa shape index (κ2) is 15.9. The predicted octanol–water partition coefficient (Wildman–Crippen LogP) is 5.07. The van der Waals surface area contributed by atoms with Gasteiger partial charge in [-0.15, -0.1) is 0 Å². The lowest BCUT2D eigenvalue weighted by Crippen LogP contribution is -2.18. The van der Waals surface area contributed by atoms with Crippen molar-refractivity contribution in [3.63, 3.8) is 0 Å². The highest BCUT2D eigenvalue weighted by molar-refractivity contribution is 8.09.